The minimum absolute atomic E-state index is 0.104. The summed E-state index contributed by atoms with van der Waals surface area (Å²) in [5.41, 5.74) is 2.60. The number of rotatable bonds is 10. The first-order valence-corrected chi connectivity index (χ1v) is 10.2. The monoisotopic (exact) mass is 386 g/mol. The maximum Gasteiger partial charge on any atom is 0.309 e. The van der Waals surface area contributed by atoms with Gasteiger partial charge in [0.15, 0.2) is 11.6 Å². The van der Waals surface area contributed by atoms with Gasteiger partial charge in [0.05, 0.1) is 12.5 Å². The highest BCUT2D eigenvalue weighted by Crippen LogP contribution is 2.28. The number of unbranched alkanes of at least 4 members (excludes halogenated alkanes) is 2. The van der Waals surface area contributed by atoms with Crippen LogP contribution in [0, 0.1) is 11.7 Å². The Hall–Kier alpha value is -2.36. The number of esters is 1. The normalized spacial score (nSPS) is 13.0. The third-order valence-corrected chi connectivity index (χ3v) is 4.96. The van der Waals surface area contributed by atoms with Gasteiger partial charge in [-0.15, -0.1) is 0 Å². The zero-order valence-corrected chi connectivity index (χ0v) is 17.3. The third kappa shape index (κ3) is 6.08. The van der Waals surface area contributed by atoms with E-state index in [1.54, 1.807) is 6.07 Å². The highest BCUT2D eigenvalue weighted by atomic mass is 19.1. The molecular weight excluding hydrogens is 355 g/mol. The summed E-state index contributed by atoms with van der Waals surface area (Å²) in [4.78, 5) is 12.0. The Morgan fingerprint density at radius 3 is 2.29 bits per heavy atom. The van der Waals surface area contributed by atoms with Crippen LogP contribution in [0.15, 0.2) is 42.5 Å². The summed E-state index contributed by atoms with van der Waals surface area (Å²) < 4.78 is 25.4. The molecule has 0 fully saturated rings. The molecule has 2 aromatic rings. The highest BCUT2D eigenvalue weighted by molar-refractivity contribution is 5.72. The van der Waals surface area contributed by atoms with Gasteiger partial charge in [0.1, 0.15) is 6.10 Å². The summed E-state index contributed by atoms with van der Waals surface area (Å²) in [6.45, 7) is 8.35. The molecule has 0 aromatic heterocycles. The van der Waals surface area contributed by atoms with Crippen LogP contribution in [0.25, 0.3) is 11.1 Å². The van der Waals surface area contributed by atoms with Gasteiger partial charge in [0, 0.05) is 0 Å². The van der Waals surface area contributed by atoms with Gasteiger partial charge in [-0.05, 0) is 48.6 Å². The summed E-state index contributed by atoms with van der Waals surface area (Å²) >= 11 is 0. The Labute approximate surface area is 167 Å². The standard InChI is InChI=1S/C24H31FO3/c1-5-7-8-15-27-23-14-13-21(16-22(23)25)20-11-9-19(10-12-20)18(4)28-24(26)17(3)6-2/h9-14,16-18H,5-8,15H2,1-4H3. The second kappa shape index (κ2) is 10.8. The molecule has 2 rings (SSSR count). The lowest BCUT2D eigenvalue weighted by atomic mass is 10.0. The van der Waals surface area contributed by atoms with Crippen molar-refractivity contribution < 1.29 is 18.7 Å². The number of hydrogen-bond donors (Lipinski definition) is 0. The van der Waals surface area contributed by atoms with Crippen molar-refractivity contribution in [3.63, 3.8) is 0 Å². The minimum atomic E-state index is -0.353. The van der Waals surface area contributed by atoms with E-state index in [1.807, 2.05) is 51.1 Å². The molecule has 0 aliphatic carbocycles. The van der Waals surface area contributed by atoms with Gasteiger partial charge in [-0.2, -0.15) is 0 Å². The molecule has 0 saturated heterocycles. The predicted octanol–water partition coefficient (Wildman–Crippen LogP) is 6.71. The summed E-state index contributed by atoms with van der Waals surface area (Å²) in [7, 11) is 0. The van der Waals surface area contributed by atoms with Gasteiger partial charge in [0.2, 0.25) is 0 Å². The van der Waals surface area contributed by atoms with E-state index in [4.69, 9.17) is 9.47 Å². The lowest BCUT2D eigenvalue weighted by Crippen LogP contribution is -2.16. The van der Waals surface area contributed by atoms with Crippen molar-refractivity contribution in [2.24, 2.45) is 5.92 Å². The largest absolute Gasteiger partial charge is 0.491 e. The van der Waals surface area contributed by atoms with E-state index in [0.29, 0.717) is 12.4 Å². The molecule has 2 unspecified atom stereocenters. The topological polar surface area (TPSA) is 35.5 Å². The number of carbonyl (C=O) groups excluding carboxylic acids is 1. The highest BCUT2D eigenvalue weighted by Gasteiger charge is 2.17. The molecule has 0 N–H and O–H groups in total. The van der Waals surface area contributed by atoms with Crippen LogP contribution in [0.1, 0.15) is 65.0 Å². The van der Waals surface area contributed by atoms with Crippen molar-refractivity contribution in [1.82, 2.24) is 0 Å². The Morgan fingerprint density at radius 2 is 1.68 bits per heavy atom. The van der Waals surface area contributed by atoms with Crippen molar-refractivity contribution >= 4 is 5.97 Å². The first-order valence-electron chi connectivity index (χ1n) is 10.2. The van der Waals surface area contributed by atoms with Gasteiger partial charge in [-0.1, -0.05) is 63.9 Å². The molecule has 0 heterocycles. The number of hydrogen-bond acceptors (Lipinski definition) is 3. The third-order valence-electron chi connectivity index (χ3n) is 4.96. The zero-order valence-electron chi connectivity index (χ0n) is 17.3. The first-order chi connectivity index (χ1) is 13.5. The second-order valence-corrected chi connectivity index (χ2v) is 7.21. The predicted molar refractivity (Wildman–Crippen MR) is 111 cm³/mol. The minimum Gasteiger partial charge on any atom is -0.491 e. The van der Waals surface area contributed by atoms with Crippen LogP contribution in [0.2, 0.25) is 0 Å². The average Bonchev–Trinajstić information content (AvgIpc) is 2.71. The van der Waals surface area contributed by atoms with Crippen molar-refractivity contribution in [1.29, 1.82) is 0 Å². The maximum absolute atomic E-state index is 14.3. The smallest absolute Gasteiger partial charge is 0.309 e. The maximum atomic E-state index is 14.3. The molecule has 0 spiro atoms. The van der Waals surface area contributed by atoms with E-state index in [1.165, 1.54) is 6.07 Å². The van der Waals surface area contributed by atoms with E-state index in [-0.39, 0.29) is 23.8 Å². The molecule has 0 bridgehead atoms. The molecule has 152 valence electrons. The van der Waals surface area contributed by atoms with Gasteiger partial charge in [-0.3, -0.25) is 4.79 Å². The van der Waals surface area contributed by atoms with Crippen molar-refractivity contribution in [2.75, 3.05) is 6.61 Å². The summed E-state index contributed by atoms with van der Waals surface area (Å²) in [6.07, 6.45) is 3.56. The fraction of sp³-hybridized carbons (Fsp3) is 0.458. The Kier molecular flexibility index (Phi) is 8.49. The summed E-state index contributed by atoms with van der Waals surface area (Å²) in [6, 6.07) is 12.7. The summed E-state index contributed by atoms with van der Waals surface area (Å²) in [5, 5.41) is 0. The molecule has 2 atom stereocenters. The van der Waals surface area contributed by atoms with Crippen molar-refractivity contribution in [3.8, 4) is 16.9 Å². The Bertz CT molecular complexity index is 755. The first kappa shape index (κ1) is 21.9. The lowest BCUT2D eigenvalue weighted by molar-refractivity contribution is -0.153. The number of carbonyl (C=O) groups is 1. The molecule has 28 heavy (non-hydrogen) atoms. The van der Waals surface area contributed by atoms with Gasteiger partial charge < -0.3 is 9.47 Å². The quantitative estimate of drug-likeness (QED) is 0.336. The summed E-state index contributed by atoms with van der Waals surface area (Å²) in [5.74, 6) is -0.348. The lowest BCUT2D eigenvalue weighted by Gasteiger charge is -2.16. The van der Waals surface area contributed by atoms with Crippen molar-refractivity contribution in [2.45, 2.75) is 59.5 Å². The van der Waals surface area contributed by atoms with Crippen LogP contribution < -0.4 is 4.74 Å². The number of benzene rings is 2. The SMILES string of the molecule is CCCCCOc1ccc(-c2ccc(C(C)OC(=O)C(C)CC)cc2)cc1F. The molecule has 0 radical (unpaired) electrons. The second-order valence-electron chi connectivity index (χ2n) is 7.21. The fourth-order valence-corrected chi connectivity index (χ4v) is 2.80. The Morgan fingerprint density at radius 1 is 1.00 bits per heavy atom. The Balaban J connectivity index is 2.02. The van der Waals surface area contributed by atoms with E-state index in [2.05, 4.69) is 6.92 Å². The van der Waals surface area contributed by atoms with Crippen LogP contribution in [0.4, 0.5) is 4.39 Å². The molecule has 2 aromatic carbocycles. The van der Waals surface area contributed by atoms with Gasteiger partial charge in [-0.25, -0.2) is 4.39 Å². The van der Waals surface area contributed by atoms with Crippen LogP contribution in [0.3, 0.4) is 0 Å². The van der Waals surface area contributed by atoms with E-state index in [0.717, 1.165) is 42.4 Å². The van der Waals surface area contributed by atoms with Crippen molar-refractivity contribution in [3.05, 3.63) is 53.8 Å². The van der Waals surface area contributed by atoms with Crippen LogP contribution in [0.5, 0.6) is 5.75 Å². The van der Waals surface area contributed by atoms with E-state index in [9.17, 15) is 9.18 Å². The molecule has 0 amide bonds. The van der Waals surface area contributed by atoms with E-state index < -0.39 is 0 Å². The molecule has 0 aliphatic heterocycles. The molecule has 3 nitrogen and oxygen atoms in total. The number of ether oxygens (including phenoxy) is 2. The number of halogens is 1. The molecule has 0 aliphatic rings. The van der Waals surface area contributed by atoms with E-state index >= 15 is 0 Å². The molecule has 4 heteroatoms. The fourth-order valence-electron chi connectivity index (χ4n) is 2.80. The molecular formula is C24H31FO3. The zero-order chi connectivity index (χ0) is 20.5. The van der Waals surface area contributed by atoms with Gasteiger partial charge >= 0.3 is 5.97 Å². The van der Waals surface area contributed by atoms with Gasteiger partial charge in [0.25, 0.3) is 0 Å². The van der Waals surface area contributed by atoms with Crippen LogP contribution >= 0.6 is 0 Å². The molecule has 0 saturated carbocycles. The van der Waals surface area contributed by atoms with Crippen LogP contribution in [-0.4, -0.2) is 12.6 Å². The average molecular weight is 387 g/mol. The van der Waals surface area contributed by atoms with Crippen LogP contribution in [-0.2, 0) is 9.53 Å².